The van der Waals surface area contributed by atoms with E-state index in [1.165, 1.54) is 14.2 Å². The van der Waals surface area contributed by atoms with Gasteiger partial charge >= 0.3 is 12.1 Å². The molecule has 0 aromatic carbocycles. The van der Waals surface area contributed by atoms with Crippen molar-refractivity contribution >= 4 is 12.1 Å². The van der Waals surface area contributed by atoms with Crippen molar-refractivity contribution in [1.82, 2.24) is 5.32 Å². The van der Waals surface area contributed by atoms with E-state index in [1.54, 1.807) is 0 Å². The molecule has 2 aliphatic rings. The fourth-order valence-corrected chi connectivity index (χ4v) is 2.96. The number of alkyl carbamates (subject to hydrolysis) is 1. The number of hydrogen-bond acceptors (Lipinski definition) is 5. The minimum absolute atomic E-state index is 0.0152. The van der Waals surface area contributed by atoms with Gasteiger partial charge in [0.25, 0.3) is 0 Å². The molecule has 0 aromatic heterocycles. The fourth-order valence-electron chi connectivity index (χ4n) is 2.96. The Balaban J connectivity index is 2.00. The Morgan fingerprint density at radius 3 is 2.70 bits per heavy atom. The van der Waals surface area contributed by atoms with Crippen molar-refractivity contribution in [3.63, 3.8) is 0 Å². The van der Waals surface area contributed by atoms with Gasteiger partial charge in [-0.3, -0.25) is 4.79 Å². The highest BCUT2D eigenvalue weighted by Crippen LogP contribution is 2.48. The SMILES string of the molecule is COC(=O)NC[C@H](C(=O)OC)[C@@H]1CCCOC2(CC2)C1. The lowest BCUT2D eigenvalue weighted by Gasteiger charge is -2.26. The maximum Gasteiger partial charge on any atom is 0.406 e. The quantitative estimate of drug-likeness (QED) is 0.792. The van der Waals surface area contributed by atoms with Crippen LogP contribution in [0.2, 0.25) is 0 Å². The monoisotopic (exact) mass is 285 g/mol. The summed E-state index contributed by atoms with van der Waals surface area (Å²) >= 11 is 0. The third-order valence-corrected chi connectivity index (χ3v) is 4.29. The van der Waals surface area contributed by atoms with Crippen LogP contribution in [0.1, 0.15) is 32.1 Å². The lowest BCUT2D eigenvalue weighted by molar-refractivity contribution is -0.147. The minimum Gasteiger partial charge on any atom is -0.469 e. The molecular formula is C14H23NO5. The molecule has 6 nitrogen and oxygen atoms in total. The molecule has 1 saturated heterocycles. The van der Waals surface area contributed by atoms with Crippen LogP contribution < -0.4 is 5.32 Å². The summed E-state index contributed by atoms with van der Waals surface area (Å²) in [6, 6.07) is 0. The fraction of sp³-hybridized carbons (Fsp3) is 0.857. The molecule has 0 radical (unpaired) electrons. The van der Waals surface area contributed by atoms with Crippen molar-refractivity contribution in [2.75, 3.05) is 27.4 Å². The van der Waals surface area contributed by atoms with E-state index in [-0.39, 0.29) is 30.0 Å². The van der Waals surface area contributed by atoms with Gasteiger partial charge in [0, 0.05) is 13.2 Å². The third-order valence-electron chi connectivity index (χ3n) is 4.29. The number of esters is 1. The molecule has 1 N–H and O–H groups in total. The summed E-state index contributed by atoms with van der Waals surface area (Å²) in [6.07, 6.45) is 4.35. The van der Waals surface area contributed by atoms with E-state index in [9.17, 15) is 9.59 Å². The number of methoxy groups -OCH3 is 2. The molecule has 0 bridgehead atoms. The van der Waals surface area contributed by atoms with Crippen LogP contribution >= 0.6 is 0 Å². The first-order valence-corrected chi connectivity index (χ1v) is 7.14. The summed E-state index contributed by atoms with van der Waals surface area (Å²) in [5.74, 6) is -0.424. The maximum absolute atomic E-state index is 12.0. The number of amides is 1. The number of carbonyl (C=O) groups excluding carboxylic acids is 2. The molecular weight excluding hydrogens is 262 g/mol. The van der Waals surface area contributed by atoms with Crippen molar-refractivity contribution in [3.8, 4) is 0 Å². The number of hydrogen-bond donors (Lipinski definition) is 1. The molecule has 2 atom stereocenters. The second-order valence-corrected chi connectivity index (χ2v) is 5.64. The second-order valence-electron chi connectivity index (χ2n) is 5.64. The molecule has 2 fully saturated rings. The average Bonchev–Trinajstić information content (AvgIpc) is 3.25. The van der Waals surface area contributed by atoms with E-state index in [0.717, 1.165) is 38.7 Å². The van der Waals surface area contributed by atoms with Crippen LogP contribution in [0, 0.1) is 11.8 Å². The Morgan fingerprint density at radius 1 is 1.35 bits per heavy atom. The first-order valence-electron chi connectivity index (χ1n) is 7.14. The second kappa shape index (κ2) is 6.43. The van der Waals surface area contributed by atoms with Gasteiger partial charge in [-0.1, -0.05) is 0 Å². The summed E-state index contributed by atoms with van der Waals surface area (Å²) < 4.78 is 15.3. The van der Waals surface area contributed by atoms with Gasteiger partial charge in [-0.25, -0.2) is 4.79 Å². The van der Waals surface area contributed by atoms with E-state index in [2.05, 4.69) is 10.1 Å². The first kappa shape index (κ1) is 15.1. The van der Waals surface area contributed by atoms with Crippen LogP contribution in [0.4, 0.5) is 4.79 Å². The third kappa shape index (κ3) is 3.62. The molecule has 0 unspecified atom stereocenters. The molecule has 1 aliphatic heterocycles. The lowest BCUT2D eigenvalue weighted by atomic mass is 9.83. The number of carbonyl (C=O) groups is 2. The predicted molar refractivity (Wildman–Crippen MR) is 71.2 cm³/mol. The molecule has 1 spiro atoms. The molecule has 1 aliphatic carbocycles. The summed E-state index contributed by atoms with van der Waals surface area (Å²) in [5, 5.41) is 2.61. The Labute approximate surface area is 119 Å². The zero-order chi connectivity index (χ0) is 14.6. The largest absolute Gasteiger partial charge is 0.469 e. The van der Waals surface area contributed by atoms with Gasteiger partial charge in [0.15, 0.2) is 0 Å². The van der Waals surface area contributed by atoms with E-state index >= 15 is 0 Å². The van der Waals surface area contributed by atoms with Crippen molar-refractivity contribution in [2.45, 2.75) is 37.7 Å². The molecule has 1 amide bonds. The van der Waals surface area contributed by atoms with E-state index in [0.29, 0.717) is 0 Å². The Morgan fingerprint density at radius 2 is 2.10 bits per heavy atom. The van der Waals surface area contributed by atoms with Crippen molar-refractivity contribution < 1.29 is 23.8 Å². The van der Waals surface area contributed by atoms with Gasteiger partial charge in [0.2, 0.25) is 0 Å². The lowest BCUT2D eigenvalue weighted by Crippen LogP contribution is -2.38. The predicted octanol–water partition coefficient (Wildman–Crippen LogP) is 1.48. The average molecular weight is 285 g/mol. The van der Waals surface area contributed by atoms with Crippen LogP contribution in [0.3, 0.4) is 0 Å². The molecule has 1 heterocycles. The number of ether oxygens (including phenoxy) is 3. The van der Waals surface area contributed by atoms with E-state index < -0.39 is 6.09 Å². The standard InChI is InChI=1S/C14H23NO5/c1-18-12(16)11(9-15-13(17)19-2)10-4-3-7-20-14(8-10)5-6-14/h10-11H,3-9H2,1-2H3,(H,15,17)/t10-,11+/m1/s1. The van der Waals surface area contributed by atoms with Crippen molar-refractivity contribution in [3.05, 3.63) is 0 Å². The summed E-state index contributed by atoms with van der Waals surface area (Å²) in [5.41, 5.74) is -0.0152. The highest BCUT2D eigenvalue weighted by Gasteiger charge is 2.48. The van der Waals surface area contributed by atoms with Crippen molar-refractivity contribution in [2.24, 2.45) is 11.8 Å². The maximum atomic E-state index is 12.0. The smallest absolute Gasteiger partial charge is 0.406 e. The molecule has 2 rings (SSSR count). The Bertz CT molecular complexity index is 367. The van der Waals surface area contributed by atoms with Gasteiger partial charge in [-0.2, -0.15) is 0 Å². The zero-order valence-corrected chi connectivity index (χ0v) is 12.1. The molecule has 114 valence electrons. The van der Waals surface area contributed by atoms with Gasteiger partial charge < -0.3 is 19.5 Å². The van der Waals surface area contributed by atoms with Crippen molar-refractivity contribution in [1.29, 1.82) is 0 Å². The minimum atomic E-state index is -0.523. The van der Waals surface area contributed by atoms with Gasteiger partial charge in [0.1, 0.15) is 0 Å². The summed E-state index contributed by atoms with van der Waals surface area (Å²) in [7, 11) is 2.69. The zero-order valence-electron chi connectivity index (χ0n) is 12.1. The van der Waals surface area contributed by atoms with Crippen LogP contribution in [0.25, 0.3) is 0 Å². The van der Waals surface area contributed by atoms with Gasteiger partial charge in [-0.15, -0.1) is 0 Å². The molecule has 20 heavy (non-hydrogen) atoms. The Hall–Kier alpha value is -1.30. The van der Waals surface area contributed by atoms with Crippen LogP contribution in [-0.2, 0) is 19.0 Å². The van der Waals surface area contributed by atoms with E-state index in [1.807, 2.05) is 0 Å². The molecule has 0 aromatic rings. The van der Waals surface area contributed by atoms with Crippen LogP contribution in [-0.4, -0.2) is 45.0 Å². The van der Waals surface area contributed by atoms with Crippen LogP contribution in [0.5, 0.6) is 0 Å². The topological polar surface area (TPSA) is 73.9 Å². The highest BCUT2D eigenvalue weighted by atomic mass is 16.5. The van der Waals surface area contributed by atoms with Crippen LogP contribution in [0.15, 0.2) is 0 Å². The summed E-state index contributed by atoms with van der Waals surface area (Å²) in [6.45, 7) is 1.01. The van der Waals surface area contributed by atoms with E-state index in [4.69, 9.17) is 9.47 Å². The normalized spacial score (nSPS) is 25.4. The Kier molecular flexibility index (Phi) is 4.86. The molecule has 6 heteroatoms. The molecule has 1 saturated carbocycles. The summed E-state index contributed by atoms with van der Waals surface area (Å²) in [4.78, 5) is 23.2. The van der Waals surface area contributed by atoms with Gasteiger partial charge in [-0.05, 0) is 38.0 Å². The van der Waals surface area contributed by atoms with Gasteiger partial charge in [0.05, 0.1) is 25.7 Å². The number of nitrogens with one attached hydrogen (secondary N) is 1. The number of rotatable bonds is 4. The first-order chi connectivity index (χ1) is 9.60. The highest BCUT2D eigenvalue weighted by molar-refractivity contribution is 5.74.